The van der Waals surface area contributed by atoms with E-state index in [1.807, 2.05) is 48.9 Å². The summed E-state index contributed by atoms with van der Waals surface area (Å²) < 4.78 is 11.7. The molecule has 0 bridgehead atoms. The van der Waals surface area contributed by atoms with Crippen molar-refractivity contribution < 1.29 is 14.6 Å². The van der Waals surface area contributed by atoms with E-state index in [0.717, 1.165) is 42.0 Å². The Hall–Kier alpha value is -2.25. The van der Waals surface area contributed by atoms with E-state index in [1.165, 1.54) is 12.8 Å². The SMILES string of the molecule is CCNC(=NCc1ccc(OC)c(OC2CCCC2)c1)NCC(C)(O)c1ccsc1. The Morgan fingerprint density at radius 1 is 1.23 bits per heavy atom. The van der Waals surface area contributed by atoms with Crippen molar-refractivity contribution in [3.8, 4) is 11.5 Å². The normalized spacial score (nSPS) is 16.9. The first-order valence-electron chi connectivity index (χ1n) is 10.6. The van der Waals surface area contributed by atoms with Crippen LogP contribution in [0, 0.1) is 0 Å². The van der Waals surface area contributed by atoms with E-state index in [9.17, 15) is 5.11 Å². The fourth-order valence-electron chi connectivity index (χ4n) is 3.54. The third kappa shape index (κ3) is 6.12. The molecule has 1 aromatic heterocycles. The second-order valence-corrected chi connectivity index (χ2v) is 8.62. The zero-order valence-corrected chi connectivity index (χ0v) is 18.9. The fraction of sp³-hybridized carbons (Fsp3) is 0.522. The summed E-state index contributed by atoms with van der Waals surface area (Å²) in [6, 6.07) is 7.91. The van der Waals surface area contributed by atoms with Gasteiger partial charge in [0.05, 0.1) is 26.3 Å². The highest BCUT2D eigenvalue weighted by Gasteiger charge is 2.23. The molecule has 0 radical (unpaired) electrons. The van der Waals surface area contributed by atoms with Crippen molar-refractivity contribution in [2.45, 2.75) is 57.8 Å². The number of aliphatic hydroxyl groups is 1. The van der Waals surface area contributed by atoms with Crippen molar-refractivity contribution in [2.24, 2.45) is 4.99 Å². The smallest absolute Gasteiger partial charge is 0.191 e. The van der Waals surface area contributed by atoms with Crippen LogP contribution in [0.5, 0.6) is 11.5 Å². The largest absolute Gasteiger partial charge is 0.493 e. The van der Waals surface area contributed by atoms with Gasteiger partial charge in [0, 0.05) is 6.54 Å². The number of nitrogens with zero attached hydrogens (tertiary/aromatic N) is 1. The lowest BCUT2D eigenvalue weighted by atomic mass is 9.99. The average molecular weight is 432 g/mol. The Morgan fingerprint density at radius 2 is 2.03 bits per heavy atom. The van der Waals surface area contributed by atoms with Gasteiger partial charge < -0.3 is 25.2 Å². The molecule has 1 heterocycles. The van der Waals surface area contributed by atoms with Crippen molar-refractivity contribution in [1.82, 2.24) is 10.6 Å². The Bertz CT molecular complexity index is 815. The summed E-state index contributed by atoms with van der Waals surface area (Å²) in [6.45, 7) is 5.44. The molecule has 0 amide bonds. The number of benzene rings is 1. The first kappa shape index (κ1) is 22.4. The summed E-state index contributed by atoms with van der Waals surface area (Å²) in [5, 5.41) is 21.2. The molecule has 6 nitrogen and oxygen atoms in total. The highest BCUT2D eigenvalue weighted by molar-refractivity contribution is 7.08. The first-order chi connectivity index (χ1) is 14.5. The Morgan fingerprint density at radius 3 is 2.70 bits per heavy atom. The minimum Gasteiger partial charge on any atom is -0.493 e. The molecule has 1 saturated carbocycles. The summed E-state index contributed by atoms with van der Waals surface area (Å²) in [7, 11) is 1.67. The third-order valence-electron chi connectivity index (χ3n) is 5.33. The van der Waals surface area contributed by atoms with Gasteiger partial charge in [0.2, 0.25) is 0 Å². The third-order valence-corrected chi connectivity index (χ3v) is 6.01. The number of rotatable bonds is 9. The van der Waals surface area contributed by atoms with Gasteiger partial charge in [0.15, 0.2) is 17.5 Å². The molecule has 1 fully saturated rings. The molecule has 1 aromatic carbocycles. The Labute approximate surface area is 183 Å². The van der Waals surface area contributed by atoms with Gasteiger partial charge in [-0.1, -0.05) is 6.07 Å². The topological polar surface area (TPSA) is 75.1 Å². The van der Waals surface area contributed by atoms with Crippen LogP contribution in [0.25, 0.3) is 0 Å². The van der Waals surface area contributed by atoms with Gasteiger partial charge in [-0.05, 0) is 79.6 Å². The van der Waals surface area contributed by atoms with E-state index in [-0.39, 0.29) is 6.10 Å². The molecular formula is C23H33N3O3S. The number of guanidine groups is 1. The molecule has 0 saturated heterocycles. The van der Waals surface area contributed by atoms with Crippen LogP contribution in [0.3, 0.4) is 0 Å². The lowest BCUT2D eigenvalue weighted by molar-refractivity contribution is 0.0621. The molecule has 2 aromatic rings. The maximum Gasteiger partial charge on any atom is 0.191 e. The summed E-state index contributed by atoms with van der Waals surface area (Å²) in [5.74, 6) is 2.21. The van der Waals surface area contributed by atoms with Crippen LogP contribution in [0.1, 0.15) is 50.7 Å². The number of hydrogen-bond acceptors (Lipinski definition) is 5. The number of ether oxygens (including phenoxy) is 2. The summed E-state index contributed by atoms with van der Waals surface area (Å²) in [6.07, 6.45) is 4.93. The van der Waals surface area contributed by atoms with Crippen molar-refractivity contribution in [2.75, 3.05) is 20.2 Å². The van der Waals surface area contributed by atoms with E-state index in [2.05, 4.69) is 15.6 Å². The number of methoxy groups -OCH3 is 1. The minimum absolute atomic E-state index is 0.274. The van der Waals surface area contributed by atoms with E-state index < -0.39 is 5.60 Å². The highest BCUT2D eigenvalue weighted by Crippen LogP contribution is 2.32. The van der Waals surface area contributed by atoms with Crippen molar-refractivity contribution in [1.29, 1.82) is 0 Å². The van der Waals surface area contributed by atoms with Gasteiger partial charge in [-0.3, -0.25) is 0 Å². The molecule has 1 unspecified atom stereocenters. The zero-order chi connectivity index (χ0) is 21.4. The zero-order valence-electron chi connectivity index (χ0n) is 18.1. The number of thiophene rings is 1. The molecule has 3 N–H and O–H groups in total. The molecule has 1 aliphatic rings. The van der Waals surface area contributed by atoms with Crippen LogP contribution in [0.15, 0.2) is 40.0 Å². The van der Waals surface area contributed by atoms with Gasteiger partial charge in [-0.25, -0.2) is 4.99 Å². The van der Waals surface area contributed by atoms with Crippen molar-refractivity contribution in [3.63, 3.8) is 0 Å². The van der Waals surface area contributed by atoms with Crippen molar-refractivity contribution in [3.05, 3.63) is 46.2 Å². The number of aliphatic imine (C=N–C) groups is 1. The maximum absolute atomic E-state index is 10.7. The summed E-state index contributed by atoms with van der Waals surface area (Å²) in [5.41, 5.74) is 0.990. The van der Waals surface area contributed by atoms with Crippen LogP contribution in [0.2, 0.25) is 0 Å². The lowest BCUT2D eigenvalue weighted by Gasteiger charge is -2.24. The Kier molecular flexibility index (Phi) is 7.99. The molecule has 7 heteroatoms. The molecular weight excluding hydrogens is 398 g/mol. The molecule has 1 atom stereocenters. The molecule has 1 aliphatic carbocycles. The minimum atomic E-state index is -0.960. The van der Waals surface area contributed by atoms with Crippen LogP contribution in [-0.2, 0) is 12.1 Å². The summed E-state index contributed by atoms with van der Waals surface area (Å²) in [4.78, 5) is 4.69. The number of nitrogens with one attached hydrogen (secondary N) is 2. The van der Waals surface area contributed by atoms with Gasteiger partial charge in [-0.15, -0.1) is 0 Å². The van der Waals surface area contributed by atoms with Crippen LogP contribution < -0.4 is 20.1 Å². The highest BCUT2D eigenvalue weighted by atomic mass is 32.1. The monoisotopic (exact) mass is 431 g/mol. The lowest BCUT2D eigenvalue weighted by Crippen LogP contribution is -2.44. The second kappa shape index (κ2) is 10.7. The van der Waals surface area contributed by atoms with Gasteiger partial charge >= 0.3 is 0 Å². The molecule has 0 spiro atoms. The van der Waals surface area contributed by atoms with E-state index in [4.69, 9.17) is 9.47 Å². The van der Waals surface area contributed by atoms with E-state index in [0.29, 0.717) is 19.0 Å². The maximum atomic E-state index is 10.7. The van der Waals surface area contributed by atoms with Gasteiger partial charge in [0.1, 0.15) is 5.60 Å². The fourth-order valence-corrected chi connectivity index (χ4v) is 4.32. The van der Waals surface area contributed by atoms with Gasteiger partial charge in [-0.2, -0.15) is 11.3 Å². The second-order valence-electron chi connectivity index (χ2n) is 7.84. The average Bonchev–Trinajstić information content (AvgIpc) is 3.45. The predicted molar refractivity (Wildman–Crippen MR) is 123 cm³/mol. The Balaban J connectivity index is 1.66. The predicted octanol–water partition coefficient (Wildman–Crippen LogP) is 4.04. The van der Waals surface area contributed by atoms with Crippen LogP contribution in [0.4, 0.5) is 0 Å². The van der Waals surface area contributed by atoms with E-state index >= 15 is 0 Å². The summed E-state index contributed by atoms with van der Waals surface area (Å²) >= 11 is 1.58. The van der Waals surface area contributed by atoms with E-state index in [1.54, 1.807) is 18.4 Å². The quantitative estimate of drug-likeness (QED) is 0.413. The van der Waals surface area contributed by atoms with Crippen LogP contribution in [-0.4, -0.2) is 37.4 Å². The first-order valence-corrected chi connectivity index (χ1v) is 11.6. The molecule has 30 heavy (non-hydrogen) atoms. The molecule has 3 rings (SSSR count). The standard InChI is InChI=1S/C23H33N3O3S/c1-4-24-22(26-16-23(2,27)18-11-12-30-15-18)25-14-17-9-10-20(28-3)21(13-17)29-19-7-5-6-8-19/h9-13,15,19,27H,4-8,14,16H2,1-3H3,(H2,24,25,26). The number of hydrogen-bond donors (Lipinski definition) is 3. The molecule has 0 aliphatic heterocycles. The van der Waals surface area contributed by atoms with Crippen molar-refractivity contribution >= 4 is 17.3 Å². The van der Waals surface area contributed by atoms with Gasteiger partial charge in [0.25, 0.3) is 0 Å². The van der Waals surface area contributed by atoms with Crippen LogP contribution >= 0.6 is 11.3 Å². The molecule has 164 valence electrons.